The molecule has 0 amide bonds. The van der Waals surface area contributed by atoms with Gasteiger partial charge >= 0.3 is 0 Å². The molecule has 0 heterocycles. The highest BCUT2D eigenvalue weighted by Crippen LogP contribution is 1.84. The molecule has 0 aliphatic heterocycles. The number of nitrogens with one attached hydrogen (secondary N) is 1. The molecule has 0 atom stereocenters. The van der Waals surface area contributed by atoms with Gasteiger partial charge in [-0.3, -0.25) is 0 Å². The lowest BCUT2D eigenvalue weighted by molar-refractivity contribution is 0.943. The Balaban J connectivity index is 2.78. The molecule has 0 aromatic rings. The summed E-state index contributed by atoms with van der Waals surface area (Å²) >= 11 is 0. The molecule has 1 nitrogen and oxygen atoms in total. The number of allylic oxidation sites excluding steroid dienone is 1. The van der Waals surface area contributed by atoms with E-state index < -0.39 is 0 Å². The maximum atomic E-state index is 2.92. The molecule has 1 heteroatoms. The first-order valence-electron chi connectivity index (χ1n) is 2.74. The van der Waals surface area contributed by atoms with Gasteiger partial charge < -0.3 is 5.32 Å². The Morgan fingerprint density at radius 3 is 2.71 bits per heavy atom. The highest BCUT2D eigenvalue weighted by Gasteiger charge is 1.67. The van der Waals surface area contributed by atoms with Crippen molar-refractivity contribution in [2.45, 2.75) is 19.8 Å². The van der Waals surface area contributed by atoms with Crippen molar-refractivity contribution in [3.8, 4) is 0 Å². The molecule has 0 unspecified atom stereocenters. The average Bonchev–Trinajstić information content (AvgIpc) is 1.69. The van der Waals surface area contributed by atoms with Gasteiger partial charge in [0.15, 0.2) is 0 Å². The van der Waals surface area contributed by atoms with Crippen LogP contribution in [0.25, 0.3) is 0 Å². The molecule has 0 saturated heterocycles. The fourth-order valence-corrected chi connectivity index (χ4v) is 0.368. The Labute approximate surface area is 45.4 Å². The molecule has 0 aliphatic carbocycles. The maximum absolute atomic E-state index is 2.92. The van der Waals surface area contributed by atoms with Gasteiger partial charge in [-0.2, -0.15) is 0 Å². The van der Waals surface area contributed by atoms with E-state index in [0.29, 0.717) is 0 Å². The molecular formula is C6H13N. The summed E-state index contributed by atoms with van der Waals surface area (Å²) in [6.45, 7) is 2.17. The smallest absolute Gasteiger partial charge is 0.00276 e. The molecule has 1 N–H and O–H groups in total. The second kappa shape index (κ2) is 5.54. The van der Waals surface area contributed by atoms with Crippen molar-refractivity contribution in [1.82, 2.24) is 5.32 Å². The van der Waals surface area contributed by atoms with Crippen LogP contribution in [0.3, 0.4) is 0 Å². The average molecular weight is 99.2 g/mol. The summed E-state index contributed by atoms with van der Waals surface area (Å²) in [7, 11) is 1.91. The van der Waals surface area contributed by atoms with E-state index >= 15 is 0 Å². The first-order chi connectivity index (χ1) is 3.41. The topological polar surface area (TPSA) is 12.0 Å². The number of rotatable bonds is 3. The molecule has 0 aromatic heterocycles. The molecular weight excluding hydrogens is 86.1 g/mol. The van der Waals surface area contributed by atoms with Gasteiger partial charge in [0.05, 0.1) is 0 Å². The van der Waals surface area contributed by atoms with Crippen LogP contribution in [0, 0.1) is 0 Å². The summed E-state index contributed by atoms with van der Waals surface area (Å²) in [6.07, 6.45) is 6.50. The van der Waals surface area contributed by atoms with Crippen LogP contribution < -0.4 is 5.32 Å². The monoisotopic (exact) mass is 99.1 g/mol. The van der Waals surface area contributed by atoms with Gasteiger partial charge in [-0.25, -0.2) is 0 Å². The van der Waals surface area contributed by atoms with Gasteiger partial charge in [0.2, 0.25) is 0 Å². The van der Waals surface area contributed by atoms with Gasteiger partial charge in [-0.1, -0.05) is 19.4 Å². The second-order valence-corrected chi connectivity index (χ2v) is 1.48. The molecule has 0 radical (unpaired) electrons. The van der Waals surface area contributed by atoms with Gasteiger partial charge in [0, 0.05) is 7.05 Å². The summed E-state index contributed by atoms with van der Waals surface area (Å²) in [4.78, 5) is 0. The standard InChI is InChI=1S/C6H13N/c1-3-4-5-6-7-2/h5-7H,3-4H2,1-2H3. The number of unbranched alkanes of at least 4 members (excludes halogenated alkanes) is 1. The van der Waals surface area contributed by atoms with E-state index in [9.17, 15) is 0 Å². The molecule has 0 saturated carbocycles. The first kappa shape index (κ1) is 6.54. The van der Waals surface area contributed by atoms with E-state index in [0.717, 1.165) is 0 Å². The molecule has 0 aliphatic rings. The largest absolute Gasteiger partial charge is 0.394 e. The molecule has 0 aromatic carbocycles. The van der Waals surface area contributed by atoms with Gasteiger partial charge in [0.1, 0.15) is 0 Å². The normalized spacial score (nSPS) is 10.0. The van der Waals surface area contributed by atoms with Crippen LogP contribution in [0.15, 0.2) is 12.3 Å². The fourth-order valence-electron chi connectivity index (χ4n) is 0.368. The Bertz CT molecular complexity index is 48.1. The van der Waals surface area contributed by atoms with Crippen LogP contribution in [0.1, 0.15) is 19.8 Å². The first-order valence-corrected chi connectivity index (χ1v) is 2.74. The van der Waals surface area contributed by atoms with Crippen molar-refractivity contribution in [2.24, 2.45) is 0 Å². The predicted octanol–water partition coefficient (Wildman–Crippen LogP) is 1.52. The van der Waals surface area contributed by atoms with Crippen LogP contribution in [0.5, 0.6) is 0 Å². The summed E-state index contributed by atoms with van der Waals surface area (Å²) in [5.41, 5.74) is 0. The Morgan fingerprint density at radius 2 is 2.29 bits per heavy atom. The van der Waals surface area contributed by atoms with Crippen LogP contribution >= 0.6 is 0 Å². The van der Waals surface area contributed by atoms with Crippen molar-refractivity contribution in [1.29, 1.82) is 0 Å². The lowest BCUT2D eigenvalue weighted by Gasteiger charge is -1.83. The Morgan fingerprint density at radius 1 is 1.57 bits per heavy atom. The van der Waals surface area contributed by atoms with Gasteiger partial charge in [0.25, 0.3) is 0 Å². The summed E-state index contributed by atoms with van der Waals surface area (Å²) < 4.78 is 0. The number of hydrogen-bond donors (Lipinski definition) is 1. The van der Waals surface area contributed by atoms with Crippen LogP contribution in [-0.2, 0) is 0 Å². The van der Waals surface area contributed by atoms with E-state index in [2.05, 4.69) is 18.3 Å². The van der Waals surface area contributed by atoms with Crippen molar-refractivity contribution >= 4 is 0 Å². The fraction of sp³-hybridized carbons (Fsp3) is 0.667. The van der Waals surface area contributed by atoms with Crippen molar-refractivity contribution < 1.29 is 0 Å². The third kappa shape index (κ3) is 5.54. The quantitative estimate of drug-likeness (QED) is 0.565. The van der Waals surface area contributed by atoms with Gasteiger partial charge in [-0.05, 0) is 12.6 Å². The lowest BCUT2D eigenvalue weighted by Crippen LogP contribution is -1.90. The molecule has 0 rings (SSSR count). The lowest BCUT2D eigenvalue weighted by atomic mass is 10.3. The van der Waals surface area contributed by atoms with Crippen molar-refractivity contribution in [3.05, 3.63) is 12.3 Å². The predicted molar refractivity (Wildman–Crippen MR) is 33.1 cm³/mol. The van der Waals surface area contributed by atoms with Crippen molar-refractivity contribution in [2.75, 3.05) is 7.05 Å². The van der Waals surface area contributed by atoms with E-state index in [1.54, 1.807) is 0 Å². The number of hydrogen-bond acceptors (Lipinski definition) is 1. The molecule has 0 fully saturated rings. The zero-order valence-electron chi connectivity index (χ0n) is 5.07. The molecule has 7 heavy (non-hydrogen) atoms. The summed E-state index contributed by atoms with van der Waals surface area (Å²) in [6, 6.07) is 0. The van der Waals surface area contributed by atoms with Crippen molar-refractivity contribution in [3.63, 3.8) is 0 Å². The Kier molecular flexibility index (Phi) is 5.18. The second-order valence-electron chi connectivity index (χ2n) is 1.48. The highest BCUT2D eigenvalue weighted by atomic mass is 14.8. The molecule has 42 valence electrons. The Hall–Kier alpha value is -0.460. The zero-order valence-corrected chi connectivity index (χ0v) is 5.07. The SMILES string of the molecule is CCCC=CNC. The maximum Gasteiger partial charge on any atom is 0.00276 e. The molecule has 0 bridgehead atoms. The third-order valence-corrected chi connectivity index (χ3v) is 0.740. The van der Waals surface area contributed by atoms with Crippen LogP contribution in [0.4, 0.5) is 0 Å². The van der Waals surface area contributed by atoms with Crippen LogP contribution in [-0.4, -0.2) is 7.05 Å². The van der Waals surface area contributed by atoms with E-state index in [1.165, 1.54) is 12.8 Å². The minimum absolute atomic E-state index is 1.18. The molecule has 0 spiro atoms. The zero-order chi connectivity index (χ0) is 5.54. The minimum atomic E-state index is 1.18. The van der Waals surface area contributed by atoms with Crippen LogP contribution in [0.2, 0.25) is 0 Å². The van der Waals surface area contributed by atoms with E-state index in [4.69, 9.17) is 0 Å². The summed E-state index contributed by atoms with van der Waals surface area (Å²) in [5.74, 6) is 0. The summed E-state index contributed by atoms with van der Waals surface area (Å²) in [5, 5.41) is 2.92. The third-order valence-electron chi connectivity index (χ3n) is 0.740. The van der Waals surface area contributed by atoms with Gasteiger partial charge in [-0.15, -0.1) is 0 Å². The highest BCUT2D eigenvalue weighted by molar-refractivity contribution is 4.76. The van der Waals surface area contributed by atoms with E-state index in [-0.39, 0.29) is 0 Å². The van der Waals surface area contributed by atoms with E-state index in [1.807, 2.05) is 13.2 Å². The minimum Gasteiger partial charge on any atom is -0.394 e.